The van der Waals surface area contributed by atoms with Crippen LogP contribution in [-0.4, -0.2) is 38.1 Å². The van der Waals surface area contributed by atoms with Crippen molar-refractivity contribution in [3.8, 4) is 5.75 Å². The van der Waals surface area contributed by atoms with Gasteiger partial charge >= 0.3 is 0 Å². The molecular weight excluding hydrogens is 232 g/mol. The van der Waals surface area contributed by atoms with E-state index in [1.165, 1.54) is 12.1 Å². The fourth-order valence-electron chi connectivity index (χ4n) is 2.20. The Kier molecular flexibility index (Phi) is 4.76. The molecule has 1 aromatic carbocycles. The first kappa shape index (κ1) is 13.1. The number of hydrogen-bond acceptors (Lipinski definition) is 3. The van der Waals surface area contributed by atoms with Gasteiger partial charge in [-0.3, -0.25) is 0 Å². The van der Waals surface area contributed by atoms with Crippen molar-refractivity contribution in [3.63, 3.8) is 0 Å². The zero-order chi connectivity index (χ0) is 12.8. The molecule has 0 N–H and O–H groups in total. The van der Waals surface area contributed by atoms with Gasteiger partial charge in [-0.05, 0) is 50.2 Å². The molecule has 95 valence electrons. The van der Waals surface area contributed by atoms with Crippen LogP contribution in [0.4, 0.5) is 4.39 Å². The van der Waals surface area contributed by atoms with Gasteiger partial charge in [0.05, 0.1) is 12.8 Å². The van der Waals surface area contributed by atoms with Gasteiger partial charge < -0.3 is 14.3 Å². The van der Waals surface area contributed by atoms with Gasteiger partial charge in [0.25, 0.3) is 7.41 Å². The number of carbonyl (C=O) groups is 1. The number of nitrogens with zero attached hydrogens (tertiary/aromatic N) is 1. The first-order valence-corrected chi connectivity index (χ1v) is 6.19. The highest BCUT2D eigenvalue weighted by Gasteiger charge is 2.20. The summed E-state index contributed by atoms with van der Waals surface area (Å²) < 4.78 is 18.3. The molecule has 0 bridgehead atoms. The molecule has 0 aromatic heterocycles. The number of hydrogen-bond donors (Lipinski definition) is 0. The lowest BCUT2D eigenvalue weighted by Crippen LogP contribution is -2.40. The van der Waals surface area contributed by atoms with Crippen LogP contribution in [0.3, 0.4) is 0 Å². The number of carbonyl (C=O) groups excluding carboxylic acids is 1. The summed E-state index contributed by atoms with van der Waals surface area (Å²) in [5.74, 6) is 0.847. The van der Waals surface area contributed by atoms with E-state index in [4.69, 9.17) is 4.74 Å². The Morgan fingerprint density at radius 3 is 2.94 bits per heavy atom. The molecule has 18 heavy (non-hydrogen) atoms. The number of piperidine rings is 1. The SMILES string of the molecule is O=C[B]N1CCCC(COc2ccc(F)cc2)C1. The molecule has 1 radical (unpaired) electrons. The molecule has 1 aliphatic heterocycles. The molecule has 1 heterocycles. The topological polar surface area (TPSA) is 29.5 Å². The van der Waals surface area contributed by atoms with E-state index in [1.807, 2.05) is 4.81 Å². The van der Waals surface area contributed by atoms with Gasteiger partial charge in [-0.25, -0.2) is 4.39 Å². The molecule has 0 spiro atoms. The quantitative estimate of drug-likeness (QED) is 0.587. The van der Waals surface area contributed by atoms with E-state index in [0.717, 1.165) is 32.1 Å². The molecule has 3 nitrogen and oxygen atoms in total. The van der Waals surface area contributed by atoms with Gasteiger partial charge in [0, 0.05) is 5.92 Å². The maximum atomic E-state index is 12.7. The van der Waals surface area contributed by atoms with Crippen LogP contribution in [0.1, 0.15) is 12.8 Å². The van der Waals surface area contributed by atoms with E-state index in [2.05, 4.69) is 0 Å². The summed E-state index contributed by atoms with van der Waals surface area (Å²) in [6, 6.07) is 6.05. The Balaban J connectivity index is 1.79. The minimum absolute atomic E-state index is 0.258. The highest BCUT2D eigenvalue weighted by atomic mass is 19.1. The maximum Gasteiger partial charge on any atom is 0.293 e. The second-order valence-corrected chi connectivity index (χ2v) is 4.55. The van der Waals surface area contributed by atoms with Crippen molar-refractivity contribution in [1.29, 1.82) is 0 Å². The second-order valence-electron chi connectivity index (χ2n) is 4.55. The van der Waals surface area contributed by atoms with E-state index in [0.29, 0.717) is 18.3 Å². The summed E-state index contributed by atoms with van der Waals surface area (Å²) in [4.78, 5) is 12.5. The zero-order valence-corrected chi connectivity index (χ0v) is 10.2. The van der Waals surface area contributed by atoms with Crippen molar-refractivity contribution in [2.75, 3.05) is 19.7 Å². The smallest absolute Gasteiger partial charge is 0.293 e. The van der Waals surface area contributed by atoms with Crippen LogP contribution in [0.5, 0.6) is 5.75 Å². The van der Waals surface area contributed by atoms with Gasteiger partial charge in [0.1, 0.15) is 11.6 Å². The van der Waals surface area contributed by atoms with Gasteiger partial charge in [0.15, 0.2) is 0 Å². The molecule has 0 saturated carbocycles. The van der Waals surface area contributed by atoms with Crippen molar-refractivity contribution in [2.45, 2.75) is 12.8 Å². The maximum absolute atomic E-state index is 12.7. The fourth-order valence-corrected chi connectivity index (χ4v) is 2.20. The molecule has 0 aliphatic carbocycles. The molecule has 1 saturated heterocycles. The van der Waals surface area contributed by atoms with Crippen molar-refractivity contribution in [1.82, 2.24) is 4.81 Å². The monoisotopic (exact) mass is 248 g/mol. The largest absolute Gasteiger partial charge is 0.493 e. The minimum atomic E-state index is -0.258. The van der Waals surface area contributed by atoms with Crippen LogP contribution in [0.15, 0.2) is 24.3 Å². The molecule has 1 aliphatic rings. The van der Waals surface area contributed by atoms with Crippen molar-refractivity contribution >= 4 is 13.6 Å². The average Bonchev–Trinajstić information content (AvgIpc) is 2.39. The van der Waals surface area contributed by atoms with E-state index in [9.17, 15) is 9.18 Å². The zero-order valence-electron chi connectivity index (χ0n) is 10.2. The Labute approximate surface area is 107 Å². The lowest BCUT2D eigenvalue weighted by Gasteiger charge is -2.31. The Morgan fingerprint density at radius 2 is 2.22 bits per heavy atom. The van der Waals surface area contributed by atoms with E-state index < -0.39 is 0 Å². The molecule has 1 fully saturated rings. The lowest BCUT2D eigenvalue weighted by molar-refractivity contribution is 0.181. The average molecular weight is 248 g/mol. The van der Waals surface area contributed by atoms with Gasteiger partial charge in [-0.15, -0.1) is 0 Å². The Hall–Kier alpha value is -1.36. The van der Waals surface area contributed by atoms with E-state index >= 15 is 0 Å². The first-order valence-electron chi connectivity index (χ1n) is 6.19. The van der Waals surface area contributed by atoms with Crippen molar-refractivity contribution in [3.05, 3.63) is 30.1 Å². The molecule has 5 heteroatoms. The molecular formula is C13H16BFNO2. The predicted octanol–water partition coefficient (Wildman–Crippen LogP) is 1.73. The fraction of sp³-hybridized carbons (Fsp3) is 0.462. The molecule has 1 unspecified atom stereocenters. The lowest BCUT2D eigenvalue weighted by atomic mass is 9.87. The number of halogens is 1. The normalized spacial score (nSPS) is 20.4. The van der Waals surface area contributed by atoms with E-state index in [1.54, 1.807) is 19.5 Å². The molecule has 1 atom stereocenters. The van der Waals surface area contributed by atoms with Gasteiger partial charge in [0.2, 0.25) is 0 Å². The molecule has 0 amide bonds. The van der Waals surface area contributed by atoms with Crippen LogP contribution in [0, 0.1) is 11.7 Å². The third-order valence-corrected chi connectivity index (χ3v) is 3.12. The predicted molar refractivity (Wildman–Crippen MR) is 68.7 cm³/mol. The number of ether oxygens (including phenoxy) is 1. The van der Waals surface area contributed by atoms with E-state index in [-0.39, 0.29) is 5.82 Å². The Bertz CT molecular complexity index is 385. The standard InChI is InChI=1S/C13H16BFNO2/c15-12-3-5-13(6-4-12)18-9-11-2-1-7-16(8-11)14-10-17/h3-6,10-11H,1-2,7-9H2. The third-order valence-electron chi connectivity index (χ3n) is 3.12. The summed E-state index contributed by atoms with van der Waals surface area (Å²) in [5, 5.41) is 0. The van der Waals surface area contributed by atoms with Crippen LogP contribution in [0.2, 0.25) is 0 Å². The summed E-state index contributed by atoms with van der Waals surface area (Å²) in [7, 11) is 1.59. The van der Waals surface area contributed by atoms with Gasteiger partial charge in [-0.1, -0.05) is 0 Å². The summed E-state index contributed by atoms with van der Waals surface area (Å²) in [5.41, 5.74) is 0. The van der Waals surface area contributed by atoms with Crippen molar-refractivity contribution in [2.24, 2.45) is 5.92 Å². The van der Waals surface area contributed by atoms with Crippen LogP contribution in [-0.2, 0) is 4.79 Å². The number of rotatable bonds is 5. The Morgan fingerprint density at radius 1 is 1.44 bits per heavy atom. The summed E-state index contributed by atoms with van der Waals surface area (Å²) in [6.07, 6.45) is 3.00. The highest BCUT2D eigenvalue weighted by Crippen LogP contribution is 2.18. The second kappa shape index (κ2) is 6.54. The van der Waals surface area contributed by atoms with Crippen LogP contribution in [0.25, 0.3) is 0 Å². The molecule has 1 aromatic rings. The van der Waals surface area contributed by atoms with Crippen LogP contribution >= 0.6 is 0 Å². The first-order chi connectivity index (χ1) is 8.78. The van der Waals surface area contributed by atoms with Crippen molar-refractivity contribution < 1.29 is 13.9 Å². The highest BCUT2D eigenvalue weighted by molar-refractivity contribution is 6.64. The van der Waals surface area contributed by atoms with Gasteiger partial charge in [-0.2, -0.15) is 0 Å². The summed E-state index contributed by atoms with van der Waals surface area (Å²) >= 11 is 0. The summed E-state index contributed by atoms with van der Waals surface area (Å²) in [6.45, 7) is 2.39. The minimum Gasteiger partial charge on any atom is -0.493 e. The number of benzene rings is 1. The van der Waals surface area contributed by atoms with Crippen LogP contribution < -0.4 is 4.74 Å². The third kappa shape index (κ3) is 3.84. The molecule has 2 rings (SSSR count).